The van der Waals surface area contributed by atoms with Gasteiger partial charge in [0, 0.05) is 30.2 Å². The lowest BCUT2D eigenvalue weighted by atomic mass is 10.2. The van der Waals surface area contributed by atoms with Crippen LogP contribution in [-0.2, 0) is 6.54 Å². The SMILES string of the molecule is CSCCCn1ccnc1-c1ccc(N)cc1. The quantitative estimate of drug-likeness (QED) is 0.652. The smallest absolute Gasteiger partial charge is 0.139 e. The van der Waals surface area contributed by atoms with Gasteiger partial charge in [0.2, 0.25) is 0 Å². The summed E-state index contributed by atoms with van der Waals surface area (Å²) in [7, 11) is 0. The summed E-state index contributed by atoms with van der Waals surface area (Å²) < 4.78 is 2.20. The highest BCUT2D eigenvalue weighted by atomic mass is 32.2. The van der Waals surface area contributed by atoms with Gasteiger partial charge in [-0.3, -0.25) is 0 Å². The van der Waals surface area contributed by atoms with Gasteiger partial charge in [0.05, 0.1) is 0 Å². The number of hydrogen-bond donors (Lipinski definition) is 1. The Morgan fingerprint density at radius 3 is 2.76 bits per heavy atom. The lowest BCUT2D eigenvalue weighted by Crippen LogP contribution is -2.00. The Labute approximate surface area is 106 Å². The van der Waals surface area contributed by atoms with E-state index in [-0.39, 0.29) is 0 Å². The summed E-state index contributed by atoms with van der Waals surface area (Å²) >= 11 is 1.88. The molecule has 0 bridgehead atoms. The number of rotatable bonds is 5. The van der Waals surface area contributed by atoms with E-state index < -0.39 is 0 Å². The van der Waals surface area contributed by atoms with Crippen LogP contribution in [0, 0.1) is 0 Å². The summed E-state index contributed by atoms with van der Waals surface area (Å²) in [5.74, 6) is 2.20. The number of nitrogen functional groups attached to an aromatic ring is 1. The van der Waals surface area contributed by atoms with Gasteiger partial charge in [0.1, 0.15) is 5.82 Å². The Kier molecular flexibility index (Phi) is 4.09. The maximum Gasteiger partial charge on any atom is 0.139 e. The fourth-order valence-electron chi connectivity index (χ4n) is 1.76. The van der Waals surface area contributed by atoms with E-state index in [2.05, 4.69) is 15.8 Å². The second-order valence-corrected chi connectivity index (χ2v) is 4.90. The zero-order chi connectivity index (χ0) is 12.1. The van der Waals surface area contributed by atoms with Crippen molar-refractivity contribution in [2.75, 3.05) is 17.7 Å². The number of nitrogens with zero attached hydrogens (tertiary/aromatic N) is 2. The molecule has 90 valence electrons. The first-order valence-corrected chi connectivity index (χ1v) is 7.06. The minimum atomic E-state index is 0.786. The minimum absolute atomic E-state index is 0.786. The van der Waals surface area contributed by atoms with Gasteiger partial charge in [-0.15, -0.1) is 0 Å². The van der Waals surface area contributed by atoms with Gasteiger partial charge < -0.3 is 10.3 Å². The molecule has 0 unspecified atom stereocenters. The summed E-state index contributed by atoms with van der Waals surface area (Å²) in [6.45, 7) is 1.01. The predicted octanol–water partition coefficient (Wildman–Crippen LogP) is 2.89. The van der Waals surface area contributed by atoms with Crippen LogP contribution < -0.4 is 5.73 Å². The molecule has 0 saturated heterocycles. The van der Waals surface area contributed by atoms with Gasteiger partial charge in [-0.1, -0.05) is 0 Å². The largest absolute Gasteiger partial charge is 0.399 e. The molecule has 0 aliphatic rings. The third kappa shape index (κ3) is 3.03. The van der Waals surface area contributed by atoms with Crippen molar-refractivity contribution in [1.29, 1.82) is 0 Å². The Bertz CT molecular complexity index is 462. The highest BCUT2D eigenvalue weighted by Crippen LogP contribution is 2.19. The summed E-state index contributed by atoms with van der Waals surface area (Å²) in [5, 5.41) is 0. The van der Waals surface area contributed by atoms with Crippen LogP contribution >= 0.6 is 11.8 Å². The molecule has 0 radical (unpaired) electrons. The Balaban J connectivity index is 2.15. The van der Waals surface area contributed by atoms with Crippen LogP contribution in [-0.4, -0.2) is 21.6 Å². The van der Waals surface area contributed by atoms with Crippen LogP contribution in [0.2, 0.25) is 0 Å². The van der Waals surface area contributed by atoms with Gasteiger partial charge in [0.25, 0.3) is 0 Å². The number of imidazole rings is 1. The van der Waals surface area contributed by atoms with Crippen LogP contribution in [0.4, 0.5) is 5.69 Å². The molecule has 2 aromatic rings. The summed E-state index contributed by atoms with van der Waals surface area (Å²) in [5.41, 5.74) is 7.59. The standard InChI is InChI=1S/C13H17N3S/c1-17-10-2-8-16-9-7-15-13(16)11-3-5-12(14)6-4-11/h3-7,9H,2,8,10,14H2,1H3. The minimum Gasteiger partial charge on any atom is -0.399 e. The molecule has 4 heteroatoms. The van der Waals surface area contributed by atoms with E-state index in [1.807, 2.05) is 48.4 Å². The Morgan fingerprint density at radius 2 is 2.06 bits per heavy atom. The molecule has 17 heavy (non-hydrogen) atoms. The van der Waals surface area contributed by atoms with E-state index in [4.69, 9.17) is 5.73 Å². The van der Waals surface area contributed by atoms with Gasteiger partial charge >= 0.3 is 0 Å². The van der Waals surface area contributed by atoms with Crippen LogP contribution in [0.5, 0.6) is 0 Å². The summed E-state index contributed by atoms with van der Waals surface area (Å²) in [6.07, 6.45) is 7.19. The average molecular weight is 247 g/mol. The fourth-order valence-corrected chi connectivity index (χ4v) is 2.18. The molecule has 0 amide bonds. The fraction of sp³-hybridized carbons (Fsp3) is 0.308. The molecule has 0 fully saturated rings. The summed E-state index contributed by atoms with van der Waals surface area (Å²) in [4.78, 5) is 4.41. The molecule has 1 aromatic heterocycles. The number of nitrogens with two attached hydrogens (primary N) is 1. The van der Waals surface area contributed by atoms with Crippen molar-refractivity contribution in [2.24, 2.45) is 0 Å². The van der Waals surface area contributed by atoms with Crippen molar-refractivity contribution in [3.05, 3.63) is 36.7 Å². The highest BCUT2D eigenvalue weighted by Gasteiger charge is 2.04. The molecular weight excluding hydrogens is 230 g/mol. The van der Waals surface area contributed by atoms with Crippen molar-refractivity contribution in [1.82, 2.24) is 9.55 Å². The van der Waals surface area contributed by atoms with E-state index in [9.17, 15) is 0 Å². The highest BCUT2D eigenvalue weighted by molar-refractivity contribution is 7.98. The third-order valence-electron chi connectivity index (χ3n) is 2.63. The predicted molar refractivity (Wildman–Crippen MR) is 75.1 cm³/mol. The normalized spacial score (nSPS) is 10.6. The number of aromatic nitrogens is 2. The Hall–Kier alpha value is -1.42. The molecule has 0 aliphatic carbocycles. The summed E-state index contributed by atoms with van der Waals surface area (Å²) in [6, 6.07) is 7.86. The Morgan fingerprint density at radius 1 is 1.29 bits per heavy atom. The average Bonchev–Trinajstić information content (AvgIpc) is 2.79. The molecule has 1 heterocycles. The molecule has 2 rings (SSSR count). The van der Waals surface area contributed by atoms with Gasteiger partial charge in [-0.25, -0.2) is 4.98 Å². The second kappa shape index (κ2) is 5.77. The zero-order valence-corrected chi connectivity index (χ0v) is 10.8. The van der Waals surface area contributed by atoms with Gasteiger partial charge in [-0.05, 0) is 42.7 Å². The lowest BCUT2D eigenvalue weighted by Gasteiger charge is -2.07. The van der Waals surface area contributed by atoms with Crippen LogP contribution in [0.1, 0.15) is 6.42 Å². The molecule has 0 aliphatic heterocycles. The molecule has 1 aromatic carbocycles. The topological polar surface area (TPSA) is 43.8 Å². The monoisotopic (exact) mass is 247 g/mol. The van der Waals surface area contributed by atoms with E-state index in [0.717, 1.165) is 23.6 Å². The van der Waals surface area contributed by atoms with Crippen molar-refractivity contribution >= 4 is 17.4 Å². The number of anilines is 1. The second-order valence-electron chi connectivity index (χ2n) is 3.91. The van der Waals surface area contributed by atoms with Crippen molar-refractivity contribution in [3.8, 4) is 11.4 Å². The molecular formula is C13H17N3S. The number of benzene rings is 1. The van der Waals surface area contributed by atoms with Gasteiger partial charge in [-0.2, -0.15) is 11.8 Å². The van der Waals surface area contributed by atoms with Crippen LogP contribution in [0.25, 0.3) is 11.4 Å². The number of hydrogen-bond acceptors (Lipinski definition) is 3. The van der Waals surface area contributed by atoms with E-state index in [0.29, 0.717) is 0 Å². The van der Waals surface area contributed by atoms with Crippen molar-refractivity contribution < 1.29 is 0 Å². The first-order chi connectivity index (χ1) is 8.31. The van der Waals surface area contributed by atoms with Crippen LogP contribution in [0.15, 0.2) is 36.7 Å². The van der Waals surface area contributed by atoms with Crippen LogP contribution in [0.3, 0.4) is 0 Å². The van der Waals surface area contributed by atoms with E-state index >= 15 is 0 Å². The molecule has 0 spiro atoms. The van der Waals surface area contributed by atoms with Gasteiger partial charge in [0.15, 0.2) is 0 Å². The zero-order valence-electron chi connectivity index (χ0n) is 9.97. The molecule has 0 atom stereocenters. The molecule has 2 N–H and O–H groups in total. The van der Waals surface area contributed by atoms with E-state index in [1.165, 1.54) is 12.2 Å². The first kappa shape index (κ1) is 12.0. The lowest BCUT2D eigenvalue weighted by molar-refractivity contribution is 0.691. The maximum atomic E-state index is 5.69. The number of thioether (sulfide) groups is 1. The number of aryl methyl sites for hydroxylation is 1. The molecule has 3 nitrogen and oxygen atoms in total. The first-order valence-electron chi connectivity index (χ1n) is 5.67. The third-order valence-corrected chi connectivity index (χ3v) is 3.33. The molecule has 0 saturated carbocycles. The van der Waals surface area contributed by atoms with Crippen molar-refractivity contribution in [3.63, 3.8) is 0 Å². The maximum absolute atomic E-state index is 5.69. The van der Waals surface area contributed by atoms with E-state index in [1.54, 1.807) is 0 Å². The van der Waals surface area contributed by atoms with Crippen molar-refractivity contribution in [2.45, 2.75) is 13.0 Å².